The smallest absolute Gasteiger partial charge is 0.259 e. The molecule has 1 aliphatic carbocycles. The number of pyridine rings is 1. The van der Waals surface area contributed by atoms with E-state index in [1.165, 1.54) is 12.8 Å². The van der Waals surface area contributed by atoms with E-state index in [9.17, 15) is 4.79 Å². The van der Waals surface area contributed by atoms with Gasteiger partial charge in [0.15, 0.2) is 0 Å². The summed E-state index contributed by atoms with van der Waals surface area (Å²) < 4.78 is 11.1. The second-order valence-electron chi connectivity index (χ2n) is 7.36. The molecular weight excluding hydrogens is 342 g/mol. The fourth-order valence-corrected chi connectivity index (χ4v) is 4.22. The van der Waals surface area contributed by atoms with Crippen LogP contribution >= 0.6 is 0 Å². The van der Waals surface area contributed by atoms with Gasteiger partial charge in [0.05, 0.1) is 22.3 Å². The average molecular weight is 367 g/mol. The zero-order valence-electron chi connectivity index (χ0n) is 16.3. The Balaban J connectivity index is 1.86. The lowest BCUT2D eigenvalue weighted by Crippen LogP contribution is -2.38. The molecule has 142 valence electrons. The molecule has 0 radical (unpaired) electrons. The van der Waals surface area contributed by atoms with E-state index in [1.807, 2.05) is 44.7 Å². The Labute approximate surface area is 158 Å². The molecule has 3 aromatic heterocycles. The molecule has 1 amide bonds. The van der Waals surface area contributed by atoms with Gasteiger partial charge >= 0.3 is 0 Å². The van der Waals surface area contributed by atoms with Gasteiger partial charge in [-0.1, -0.05) is 18.0 Å². The fraction of sp³-hybridized carbons (Fsp3) is 0.476. The zero-order valence-corrected chi connectivity index (χ0v) is 16.3. The summed E-state index contributed by atoms with van der Waals surface area (Å²) in [5.41, 5.74) is 3.25. The van der Waals surface area contributed by atoms with Crippen LogP contribution in [0.1, 0.15) is 60.2 Å². The molecule has 0 atom stereocenters. The van der Waals surface area contributed by atoms with E-state index in [0.717, 1.165) is 29.9 Å². The number of rotatable bonds is 4. The van der Waals surface area contributed by atoms with Crippen LogP contribution in [0.5, 0.6) is 0 Å². The summed E-state index contributed by atoms with van der Waals surface area (Å²) in [6, 6.07) is 4.12. The minimum Gasteiger partial charge on any atom is -0.466 e. The summed E-state index contributed by atoms with van der Waals surface area (Å²) in [7, 11) is 0. The predicted molar refractivity (Wildman–Crippen MR) is 103 cm³/mol. The first-order valence-electron chi connectivity index (χ1n) is 9.65. The SMILES string of the molecule is CCN(C(=O)c1cc(-c2cc(C)oc2C)nc2onc(C)c12)C1CCCC1. The molecular formula is C21H25N3O3. The summed E-state index contributed by atoms with van der Waals surface area (Å²) in [5.74, 6) is 1.62. The van der Waals surface area contributed by atoms with Crippen LogP contribution in [0.2, 0.25) is 0 Å². The van der Waals surface area contributed by atoms with Crippen LogP contribution in [0.4, 0.5) is 0 Å². The van der Waals surface area contributed by atoms with Gasteiger partial charge in [-0.15, -0.1) is 0 Å². The maximum Gasteiger partial charge on any atom is 0.259 e. The van der Waals surface area contributed by atoms with Crippen molar-refractivity contribution >= 4 is 17.0 Å². The minimum atomic E-state index is 0.0298. The van der Waals surface area contributed by atoms with Crippen molar-refractivity contribution in [3.05, 3.63) is 34.9 Å². The highest BCUT2D eigenvalue weighted by Gasteiger charge is 2.29. The van der Waals surface area contributed by atoms with E-state index in [2.05, 4.69) is 10.1 Å². The third-order valence-corrected chi connectivity index (χ3v) is 5.53. The van der Waals surface area contributed by atoms with Crippen LogP contribution in [0.25, 0.3) is 22.4 Å². The molecule has 0 spiro atoms. The summed E-state index contributed by atoms with van der Waals surface area (Å²) >= 11 is 0. The van der Waals surface area contributed by atoms with Crippen molar-refractivity contribution in [2.24, 2.45) is 0 Å². The lowest BCUT2D eigenvalue weighted by atomic mass is 10.0. The average Bonchev–Trinajstić information content (AvgIpc) is 3.36. The molecule has 1 saturated carbocycles. The maximum atomic E-state index is 13.5. The lowest BCUT2D eigenvalue weighted by molar-refractivity contribution is 0.0695. The summed E-state index contributed by atoms with van der Waals surface area (Å²) in [6.07, 6.45) is 4.52. The molecule has 6 heteroatoms. The highest BCUT2D eigenvalue weighted by Crippen LogP contribution is 2.32. The number of aryl methyl sites for hydroxylation is 3. The van der Waals surface area contributed by atoms with Gasteiger partial charge in [-0.3, -0.25) is 4.79 Å². The zero-order chi connectivity index (χ0) is 19.1. The van der Waals surface area contributed by atoms with E-state index in [4.69, 9.17) is 8.94 Å². The van der Waals surface area contributed by atoms with Gasteiger partial charge in [-0.2, -0.15) is 0 Å². The normalized spacial score (nSPS) is 15.0. The van der Waals surface area contributed by atoms with Gasteiger partial charge in [-0.05, 0) is 52.7 Å². The maximum absolute atomic E-state index is 13.5. The molecule has 0 aliphatic heterocycles. The monoisotopic (exact) mass is 367 g/mol. The Morgan fingerprint density at radius 2 is 1.96 bits per heavy atom. The largest absolute Gasteiger partial charge is 0.466 e. The molecule has 1 aliphatic rings. The number of carbonyl (C=O) groups is 1. The Kier molecular flexibility index (Phi) is 4.50. The minimum absolute atomic E-state index is 0.0298. The van der Waals surface area contributed by atoms with Crippen molar-refractivity contribution in [2.45, 2.75) is 59.4 Å². The van der Waals surface area contributed by atoms with Crippen molar-refractivity contribution < 1.29 is 13.7 Å². The number of amides is 1. The van der Waals surface area contributed by atoms with Gasteiger partial charge in [0.1, 0.15) is 11.5 Å². The first-order chi connectivity index (χ1) is 13.0. The van der Waals surface area contributed by atoms with Gasteiger partial charge in [0.25, 0.3) is 11.6 Å². The molecule has 0 aromatic carbocycles. The third kappa shape index (κ3) is 3.03. The number of furan rings is 1. The van der Waals surface area contributed by atoms with Gasteiger partial charge < -0.3 is 13.8 Å². The molecule has 3 heterocycles. The second kappa shape index (κ2) is 6.83. The van der Waals surface area contributed by atoms with Crippen molar-refractivity contribution in [1.29, 1.82) is 0 Å². The molecule has 27 heavy (non-hydrogen) atoms. The molecule has 4 rings (SSSR count). The Morgan fingerprint density at radius 1 is 1.22 bits per heavy atom. The Bertz CT molecular complexity index is 996. The topological polar surface area (TPSA) is 72.4 Å². The van der Waals surface area contributed by atoms with E-state index < -0.39 is 0 Å². The predicted octanol–water partition coefficient (Wildman–Crippen LogP) is 4.81. The van der Waals surface area contributed by atoms with Crippen molar-refractivity contribution in [1.82, 2.24) is 15.0 Å². The summed E-state index contributed by atoms with van der Waals surface area (Å²) in [6.45, 7) is 8.39. The van der Waals surface area contributed by atoms with E-state index in [1.54, 1.807) is 0 Å². The van der Waals surface area contributed by atoms with Gasteiger partial charge in [0, 0.05) is 18.2 Å². The fourth-order valence-electron chi connectivity index (χ4n) is 4.22. The highest BCUT2D eigenvalue weighted by molar-refractivity contribution is 6.07. The summed E-state index contributed by atoms with van der Waals surface area (Å²) in [4.78, 5) is 20.1. The number of fused-ring (bicyclic) bond motifs is 1. The number of aromatic nitrogens is 2. The number of hydrogen-bond donors (Lipinski definition) is 0. The molecule has 0 bridgehead atoms. The Morgan fingerprint density at radius 3 is 2.59 bits per heavy atom. The van der Waals surface area contributed by atoms with Crippen LogP contribution in [-0.2, 0) is 0 Å². The van der Waals surface area contributed by atoms with Crippen LogP contribution in [0.3, 0.4) is 0 Å². The Hall–Kier alpha value is -2.63. The third-order valence-electron chi connectivity index (χ3n) is 5.53. The van der Waals surface area contributed by atoms with Crippen molar-refractivity contribution in [3.8, 4) is 11.3 Å². The van der Waals surface area contributed by atoms with Crippen LogP contribution in [0.15, 0.2) is 21.1 Å². The van der Waals surface area contributed by atoms with Crippen molar-refractivity contribution in [2.75, 3.05) is 6.54 Å². The lowest BCUT2D eigenvalue weighted by Gasteiger charge is -2.28. The summed E-state index contributed by atoms with van der Waals surface area (Å²) in [5, 5.41) is 4.76. The quantitative estimate of drug-likeness (QED) is 0.661. The first kappa shape index (κ1) is 17.8. The second-order valence-corrected chi connectivity index (χ2v) is 7.36. The number of carbonyl (C=O) groups excluding carboxylic acids is 1. The molecule has 0 saturated heterocycles. The highest BCUT2D eigenvalue weighted by atomic mass is 16.5. The van der Waals surface area contributed by atoms with Crippen LogP contribution < -0.4 is 0 Å². The van der Waals surface area contributed by atoms with E-state index >= 15 is 0 Å². The van der Waals surface area contributed by atoms with E-state index in [-0.39, 0.29) is 5.91 Å². The van der Waals surface area contributed by atoms with Crippen LogP contribution in [0, 0.1) is 20.8 Å². The molecule has 0 unspecified atom stereocenters. The van der Waals surface area contributed by atoms with Crippen molar-refractivity contribution in [3.63, 3.8) is 0 Å². The van der Waals surface area contributed by atoms with Crippen LogP contribution in [-0.4, -0.2) is 33.5 Å². The first-order valence-corrected chi connectivity index (χ1v) is 9.65. The molecule has 6 nitrogen and oxygen atoms in total. The molecule has 3 aromatic rings. The molecule has 0 N–H and O–H groups in total. The molecule has 1 fully saturated rings. The number of nitrogens with zero attached hydrogens (tertiary/aromatic N) is 3. The van der Waals surface area contributed by atoms with E-state index in [0.29, 0.717) is 40.6 Å². The van der Waals surface area contributed by atoms with Gasteiger partial charge in [0.2, 0.25) is 0 Å². The van der Waals surface area contributed by atoms with Gasteiger partial charge in [-0.25, -0.2) is 4.98 Å². The number of hydrogen-bond acceptors (Lipinski definition) is 5. The standard InChI is InChI=1S/C21H25N3O3/c1-5-24(15-8-6-7-9-15)21(25)17-11-18(16-10-12(2)26-14(16)4)22-20-19(17)13(3)23-27-20/h10-11,15H,5-9H2,1-4H3.